The molecule has 0 unspecified atom stereocenters. The molecule has 1 aromatic heterocycles. The van der Waals surface area contributed by atoms with Gasteiger partial charge in [0.2, 0.25) is 5.88 Å². The highest BCUT2D eigenvalue weighted by Crippen LogP contribution is 2.32. The molecule has 2 N–H and O–H groups in total. The highest BCUT2D eigenvalue weighted by Gasteiger charge is 2.20. The predicted octanol–water partition coefficient (Wildman–Crippen LogP) is 2.18. The van der Waals surface area contributed by atoms with Crippen LogP contribution in [-0.4, -0.2) is 4.92 Å². The molecule has 2 aromatic rings. The lowest BCUT2D eigenvalue weighted by Gasteiger charge is -1.97. The number of nitro benzene ring substituents is 1. The van der Waals surface area contributed by atoms with Gasteiger partial charge in [0.05, 0.1) is 4.92 Å². The third-order valence-electron chi connectivity index (χ3n) is 2.50. The fourth-order valence-corrected chi connectivity index (χ4v) is 1.60. The van der Waals surface area contributed by atoms with E-state index in [0.29, 0.717) is 5.56 Å². The topological polar surface area (TPSA) is 130 Å². The van der Waals surface area contributed by atoms with Gasteiger partial charge in [0, 0.05) is 17.7 Å². The number of nitrogen functional groups attached to an aromatic ring is 1. The molecular formula is C12H6N4O3. The number of hydrogen-bond donors (Lipinski definition) is 1. The Morgan fingerprint density at radius 3 is 2.21 bits per heavy atom. The average molecular weight is 254 g/mol. The minimum atomic E-state index is -0.536. The van der Waals surface area contributed by atoms with Crippen LogP contribution in [0.25, 0.3) is 11.3 Å². The number of nitrogens with two attached hydrogens (primary N) is 1. The van der Waals surface area contributed by atoms with E-state index in [0.717, 1.165) is 0 Å². The second-order valence-electron chi connectivity index (χ2n) is 3.57. The van der Waals surface area contributed by atoms with E-state index in [1.165, 1.54) is 24.3 Å². The Morgan fingerprint density at radius 2 is 1.74 bits per heavy atom. The van der Waals surface area contributed by atoms with Crippen LogP contribution in [0.2, 0.25) is 0 Å². The van der Waals surface area contributed by atoms with Crippen molar-refractivity contribution in [3.63, 3.8) is 0 Å². The lowest BCUT2D eigenvalue weighted by atomic mass is 10.1. The van der Waals surface area contributed by atoms with Gasteiger partial charge in [0.15, 0.2) is 5.76 Å². The van der Waals surface area contributed by atoms with E-state index in [2.05, 4.69) is 0 Å². The van der Waals surface area contributed by atoms with Crippen molar-refractivity contribution in [2.24, 2.45) is 0 Å². The summed E-state index contributed by atoms with van der Waals surface area (Å²) < 4.78 is 5.18. The summed E-state index contributed by atoms with van der Waals surface area (Å²) >= 11 is 0. The van der Waals surface area contributed by atoms with E-state index >= 15 is 0 Å². The van der Waals surface area contributed by atoms with Gasteiger partial charge in [0.25, 0.3) is 5.69 Å². The molecule has 0 radical (unpaired) electrons. The van der Waals surface area contributed by atoms with Crippen molar-refractivity contribution in [1.82, 2.24) is 0 Å². The summed E-state index contributed by atoms with van der Waals surface area (Å²) in [6.45, 7) is 0. The quantitative estimate of drug-likeness (QED) is 0.645. The molecule has 0 saturated carbocycles. The van der Waals surface area contributed by atoms with Crippen molar-refractivity contribution in [2.45, 2.75) is 0 Å². The molecule has 0 fully saturated rings. The molecule has 2 rings (SSSR count). The van der Waals surface area contributed by atoms with Crippen LogP contribution < -0.4 is 5.73 Å². The fraction of sp³-hybridized carbons (Fsp3) is 0. The molecule has 7 heteroatoms. The molecule has 19 heavy (non-hydrogen) atoms. The monoisotopic (exact) mass is 254 g/mol. The molecule has 0 atom stereocenters. The SMILES string of the molecule is N#Cc1c(N)oc(-c2ccc([N+](=O)[O-])cc2)c1C#N. The third kappa shape index (κ3) is 1.96. The maximum atomic E-state index is 10.5. The Hall–Kier alpha value is -3.32. The van der Waals surface area contributed by atoms with Gasteiger partial charge in [-0.25, -0.2) is 0 Å². The van der Waals surface area contributed by atoms with Crippen molar-refractivity contribution >= 4 is 11.6 Å². The lowest BCUT2D eigenvalue weighted by molar-refractivity contribution is -0.384. The van der Waals surface area contributed by atoms with Gasteiger partial charge in [-0.1, -0.05) is 0 Å². The predicted molar refractivity (Wildman–Crippen MR) is 64.6 cm³/mol. The van der Waals surface area contributed by atoms with Crippen LogP contribution in [0.5, 0.6) is 0 Å². The normalized spacial score (nSPS) is 9.58. The Balaban J connectivity index is 2.57. The standard InChI is InChI=1S/C12H6N4O3/c13-5-9-10(6-14)12(15)19-11(9)7-1-3-8(4-2-7)16(17)18/h1-4H,15H2. The minimum absolute atomic E-state index is 0.0221. The number of rotatable bonds is 2. The largest absolute Gasteiger partial charge is 0.438 e. The Bertz CT molecular complexity index is 732. The van der Waals surface area contributed by atoms with Gasteiger partial charge in [-0.2, -0.15) is 10.5 Å². The molecular weight excluding hydrogens is 248 g/mol. The van der Waals surface area contributed by atoms with Gasteiger partial charge in [-0.3, -0.25) is 10.1 Å². The smallest absolute Gasteiger partial charge is 0.269 e. The Kier molecular flexibility index (Phi) is 2.88. The minimum Gasteiger partial charge on any atom is -0.438 e. The molecule has 7 nitrogen and oxygen atoms in total. The second-order valence-corrected chi connectivity index (χ2v) is 3.57. The van der Waals surface area contributed by atoms with Crippen molar-refractivity contribution in [3.8, 4) is 23.5 Å². The number of non-ortho nitro benzene ring substituents is 1. The first-order valence-electron chi connectivity index (χ1n) is 5.05. The molecule has 0 spiro atoms. The van der Waals surface area contributed by atoms with Crippen molar-refractivity contribution < 1.29 is 9.34 Å². The maximum absolute atomic E-state index is 10.5. The zero-order chi connectivity index (χ0) is 14.0. The molecule has 1 heterocycles. The van der Waals surface area contributed by atoms with Crippen molar-refractivity contribution in [2.75, 3.05) is 5.73 Å². The molecule has 0 aliphatic rings. The zero-order valence-electron chi connectivity index (χ0n) is 9.45. The number of benzene rings is 1. The van der Waals surface area contributed by atoms with Crippen molar-refractivity contribution in [3.05, 3.63) is 45.5 Å². The van der Waals surface area contributed by atoms with Crippen LogP contribution in [0.3, 0.4) is 0 Å². The summed E-state index contributed by atoms with van der Waals surface area (Å²) in [5.74, 6) is -0.0150. The molecule has 0 saturated heterocycles. The summed E-state index contributed by atoms with van der Waals surface area (Å²) in [4.78, 5) is 10.0. The number of nitrogens with zero attached hydrogens (tertiary/aromatic N) is 3. The Morgan fingerprint density at radius 1 is 1.16 bits per heavy atom. The van der Waals surface area contributed by atoms with E-state index in [1.807, 2.05) is 6.07 Å². The molecule has 0 amide bonds. The molecule has 0 aliphatic carbocycles. The van der Waals surface area contributed by atoms with E-state index in [1.54, 1.807) is 6.07 Å². The van der Waals surface area contributed by atoms with E-state index in [9.17, 15) is 10.1 Å². The highest BCUT2D eigenvalue weighted by atomic mass is 16.6. The summed E-state index contributed by atoms with van der Waals surface area (Å²) in [6, 6.07) is 9.04. The summed E-state index contributed by atoms with van der Waals surface area (Å²) in [6.07, 6.45) is 0. The van der Waals surface area contributed by atoms with Crippen LogP contribution in [0.4, 0.5) is 11.6 Å². The summed E-state index contributed by atoms with van der Waals surface area (Å²) in [5.41, 5.74) is 5.84. The van der Waals surface area contributed by atoms with Gasteiger partial charge in [0.1, 0.15) is 23.3 Å². The Labute approximate surface area is 107 Å². The highest BCUT2D eigenvalue weighted by molar-refractivity contribution is 5.74. The summed E-state index contributed by atoms with van der Waals surface area (Å²) in [7, 11) is 0. The van der Waals surface area contributed by atoms with Crippen molar-refractivity contribution in [1.29, 1.82) is 10.5 Å². The second kappa shape index (κ2) is 4.51. The first-order chi connectivity index (χ1) is 9.08. The number of furan rings is 1. The van der Waals surface area contributed by atoms with Crippen LogP contribution in [0, 0.1) is 32.8 Å². The van der Waals surface area contributed by atoms with E-state index < -0.39 is 4.92 Å². The fourth-order valence-electron chi connectivity index (χ4n) is 1.60. The van der Waals surface area contributed by atoms with Crippen LogP contribution in [0.1, 0.15) is 11.1 Å². The molecule has 1 aromatic carbocycles. The van der Waals surface area contributed by atoms with E-state index in [4.69, 9.17) is 20.7 Å². The summed E-state index contributed by atoms with van der Waals surface area (Å²) in [5, 5.41) is 28.4. The van der Waals surface area contributed by atoms with Gasteiger partial charge in [-0.15, -0.1) is 0 Å². The third-order valence-corrected chi connectivity index (χ3v) is 2.50. The first-order valence-corrected chi connectivity index (χ1v) is 5.05. The van der Waals surface area contributed by atoms with Gasteiger partial charge >= 0.3 is 0 Å². The lowest BCUT2D eigenvalue weighted by Crippen LogP contribution is -1.87. The van der Waals surface area contributed by atoms with Crippen LogP contribution in [0.15, 0.2) is 28.7 Å². The van der Waals surface area contributed by atoms with Crippen LogP contribution in [-0.2, 0) is 0 Å². The maximum Gasteiger partial charge on any atom is 0.269 e. The number of nitro groups is 1. The molecule has 0 aliphatic heterocycles. The van der Waals surface area contributed by atoms with Crippen LogP contribution >= 0.6 is 0 Å². The average Bonchev–Trinajstić information content (AvgIpc) is 2.74. The zero-order valence-corrected chi connectivity index (χ0v) is 9.45. The van der Waals surface area contributed by atoms with E-state index in [-0.39, 0.29) is 28.5 Å². The van der Waals surface area contributed by atoms with Gasteiger partial charge in [-0.05, 0) is 12.1 Å². The number of nitriles is 2. The van der Waals surface area contributed by atoms with Gasteiger partial charge < -0.3 is 10.2 Å². The number of hydrogen-bond acceptors (Lipinski definition) is 6. The molecule has 0 bridgehead atoms. The first kappa shape index (κ1) is 12.1. The number of anilines is 1. The molecule has 92 valence electrons.